The highest BCUT2D eigenvalue weighted by Crippen LogP contribution is 2.32. The van der Waals surface area contributed by atoms with Crippen LogP contribution in [-0.2, 0) is 18.0 Å². The molecule has 0 saturated carbocycles. The van der Waals surface area contributed by atoms with Gasteiger partial charge in [-0.15, -0.1) is 0 Å². The number of rotatable bonds is 6. The summed E-state index contributed by atoms with van der Waals surface area (Å²) < 4.78 is 13.0. The number of halogens is 3. The van der Waals surface area contributed by atoms with Gasteiger partial charge in [-0.25, -0.2) is 19.4 Å². The van der Waals surface area contributed by atoms with E-state index in [2.05, 4.69) is 15.1 Å². The molecule has 7 nitrogen and oxygen atoms in total. The molecule has 188 valence electrons. The summed E-state index contributed by atoms with van der Waals surface area (Å²) >= 11 is 19.1. The second-order valence-corrected chi connectivity index (χ2v) is 9.70. The lowest BCUT2D eigenvalue weighted by atomic mass is 10.1. The molecule has 0 saturated heterocycles. The van der Waals surface area contributed by atoms with Crippen LogP contribution in [0.3, 0.4) is 0 Å². The lowest BCUT2D eigenvalue weighted by Crippen LogP contribution is -2.08. The normalized spacial score (nSPS) is 11.4. The van der Waals surface area contributed by atoms with Crippen molar-refractivity contribution in [2.24, 2.45) is 0 Å². The summed E-state index contributed by atoms with van der Waals surface area (Å²) in [5.74, 6) is 0.375. The number of hydrogen-bond donors (Lipinski definition) is 0. The van der Waals surface area contributed by atoms with Crippen LogP contribution in [0.1, 0.15) is 11.3 Å². The number of nitrogens with zero attached hydrogens (tertiary/aromatic N) is 4. The van der Waals surface area contributed by atoms with Crippen LogP contribution >= 0.6 is 34.8 Å². The molecule has 6 aromatic rings. The molecule has 0 N–H and O–H groups in total. The van der Waals surface area contributed by atoms with E-state index in [9.17, 15) is 4.79 Å². The van der Waals surface area contributed by atoms with Crippen molar-refractivity contribution in [2.75, 3.05) is 0 Å². The van der Waals surface area contributed by atoms with E-state index in [0.29, 0.717) is 44.4 Å². The topological polar surface area (TPSA) is 83.0 Å². The van der Waals surface area contributed by atoms with Gasteiger partial charge in [-0.3, -0.25) is 0 Å². The molecule has 0 atom stereocenters. The minimum Gasteiger partial charge on any atom is -0.401 e. The van der Waals surface area contributed by atoms with Crippen LogP contribution in [0.4, 0.5) is 0 Å². The van der Waals surface area contributed by atoms with E-state index >= 15 is 0 Å². The van der Waals surface area contributed by atoms with Gasteiger partial charge in [0.2, 0.25) is 5.89 Å². The fraction of sp³-hybridized carbons (Fsp3) is 0.0714. The summed E-state index contributed by atoms with van der Waals surface area (Å²) in [4.78, 5) is 22.1. The van der Waals surface area contributed by atoms with Crippen molar-refractivity contribution in [1.29, 1.82) is 0 Å². The smallest absolute Gasteiger partial charge is 0.347 e. The second kappa shape index (κ2) is 10.2. The molecule has 0 amide bonds. The van der Waals surface area contributed by atoms with Crippen LogP contribution in [0.2, 0.25) is 15.1 Å². The highest BCUT2D eigenvalue weighted by Gasteiger charge is 2.21. The van der Waals surface area contributed by atoms with Gasteiger partial charge in [0.25, 0.3) is 0 Å². The van der Waals surface area contributed by atoms with Gasteiger partial charge in [0.1, 0.15) is 11.2 Å². The highest BCUT2D eigenvalue weighted by molar-refractivity contribution is 6.40. The Morgan fingerprint density at radius 2 is 1.71 bits per heavy atom. The van der Waals surface area contributed by atoms with Gasteiger partial charge in [0.05, 0.1) is 34.3 Å². The van der Waals surface area contributed by atoms with Crippen LogP contribution < -0.4 is 5.63 Å². The molecule has 10 heteroatoms. The first-order valence-electron chi connectivity index (χ1n) is 11.5. The third-order valence-corrected chi connectivity index (χ3v) is 6.86. The van der Waals surface area contributed by atoms with E-state index in [1.54, 1.807) is 42.6 Å². The van der Waals surface area contributed by atoms with Gasteiger partial charge in [-0.1, -0.05) is 71.2 Å². The molecule has 0 bridgehead atoms. The Hall–Kier alpha value is -3.75. The monoisotopic (exact) mass is 562 g/mol. The molecule has 0 aliphatic rings. The van der Waals surface area contributed by atoms with Crippen molar-refractivity contribution in [1.82, 2.24) is 19.7 Å². The zero-order valence-electron chi connectivity index (χ0n) is 19.6. The van der Waals surface area contributed by atoms with Gasteiger partial charge in [0, 0.05) is 16.6 Å². The Kier molecular flexibility index (Phi) is 6.59. The molecular formula is C28H17Cl3N4O3. The number of pyridine rings is 1. The fourth-order valence-corrected chi connectivity index (χ4v) is 4.78. The Bertz CT molecular complexity index is 1870. The van der Waals surface area contributed by atoms with Crippen molar-refractivity contribution < 1.29 is 9.15 Å². The number of aromatic nitrogens is 4. The van der Waals surface area contributed by atoms with Crippen molar-refractivity contribution >= 4 is 56.5 Å². The fourth-order valence-electron chi connectivity index (χ4n) is 4.14. The lowest BCUT2D eigenvalue weighted by Gasteiger charge is -2.08. The summed E-state index contributed by atoms with van der Waals surface area (Å²) in [6.45, 7) is 0.534. The maximum absolute atomic E-state index is 13.1. The Labute approximate surface area is 231 Å². The largest absolute Gasteiger partial charge is 0.401 e. The minimum absolute atomic E-state index is 0.0258. The molecule has 0 unspecified atom stereocenters. The molecule has 0 fully saturated rings. The van der Waals surface area contributed by atoms with Gasteiger partial charge in [-0.05, 0) is 47.3 Å². The molecule has 6 rings (SSSR count). The number of ether oxygens (including phenoxy) is 1. The van der Waals surface area contributed by atoms with E-state index in [4.69, 9.17) is 44.0 Å². The molecule has 3 heterocycles. The van der Waals surface area contributed by atoms with Crippen molar-refractivity contribution in [3.8, 4) is 17.4 Å². The molecule has 0 spiro atoms. The van der Waals surface area contributed by atoms with Crippen LogP contribution in [0.5, 0.6) is 0 Å². The van der Waals surface area contributed by atoms with Gasteiger partial charge >= 0.3 is 5.63 Å². The molecule has 3 aromatic carbocycles. The number of benzene rings is 3. The summed E-state index contributed by atoms with van der Waals surface area (Å²) in [5.41, 5.74) is 1.66. The zero-order valence-corrected chi connectivity index (χ0v) is 21.8. The van der Waals surface area contributed by atoms with Crippen LogP contribution in [0.15, 0.2) is 88.2 Å². The van der Waals surface area contributed by atoms with E-state index in [0.717, 1.165) is 16.3 Å². The molecule has 38 heavy (non-hydrogen) atoms. The van der Waals surface area contributed by atoms with E-state index in [1.807, 2.05) is 36.4 Å². The predicted molar refractivity (Wildman–Crippen MR) is 148 cm³/mol. The number of fused-ring (bicyclic) bond motifs is 2. The summed E-state index contributed by atoms with van der Waals surface area (Å²) in [6, 6.07) is 21.7. The lowest BCUT2D eigenvalue weighted by molar-refractivity contribution is 0.104. The maximum Gasteiger partial charge on any atom is 0.347 e. The molecule has 0 aliphatic carbocycles. The van der Waals surface area contributed by atoms with Crippen LogP contribution in [0, 0.1) is 0 Å². The minimum atomic E-state index is -0.571. The first-order valence-corrected chi connectivity index (χ1v) is 12.7. The van der Waals surface area contributed by atoms with Gasteiger partial charge < -0.3 is 9.15 Å². The average Bonchev–Trinajstić information content (AvgIpc) is 3.35. The standard InChI is InChI=1S/C28H17Cl3N4O3/c29-18-9-7-16(8-10-18)14-37-15-19-13-23(35(34-19)26-22(30)6-3-11-32-26)27-33-25-21(28(36)38-27)12-17-4-1-2-5-20(17)24(25)31/h1-13H,14-15H2. The van der Waals surface area contributed by atoms with Crippen LogP contribution in [0.25, 0.3) is 39.1 Å². The third-order valence-electron chi connectivity index (χ3n) is 5.93. The summed E-state index contributed by atoms with van der Waals surface area (Å²) in [5, 5.41) is 7.89. The van der Waals surface area contributed by atoms with Crippen LogP contribution in [-0.4, -0.2) is 19.7 Å². The summed E-state index contributed by atoms with van der Waals surface area (Å²) in [7, 11) is 0. The Balaban J connectivity index is 1.44. The average molecular weight is 564 g/mol. The maximum atomic E-state index is 13.1. The predicted octanol–water partition coefficient (Wildman–Crippen LogP) is 7.27. The molecule has 3 aromatic heterocycles. The number of hydrogen-bond acceptors (Lipinski definition) is 6. The van der Waals surface area contributed by atoms with Gasteiger partial charge in [-0.2, -0.15) is 5.10 Å². The third kappa shape index (κ3) is 4.66. The van der Waals surface area contributed by atoms with Gasteiger partial charge in [0.15, 0.2) is 5.82 Å². The SMILES string of the molecule is O=c1oc(-c2cc(COCc3ccc(Cl)cc3)nn2-c2ncccc2Cl)nc2c(Cl)c3ccccc3cc12. The Morgan fingerprint density at radius 1 is 0.895 bits per heavy atom. The Morgan fingerprint density at radius 3 is 2.53 bits per heavy atom. The second-order valence-electron chi connectivity index (χ2n) is 8.48. The van der Waals surface area contributed by atoms with Crippen molar-refractivity contribution in [3.63, 3.8) is 0 Å². The van der Waals surface area contributed by atoms with Crippen molar-refractivity contribution in [2.45, 2.75) is 13.2 Å². The molecule has 0 radical (unpaired) electrons. The quantitative estimate of drug-likeness (QED) is 0.198. The van der Waals surface area contributed by atoms with E-state index in [1.165, 1.54) is 4.68 Å². The summed E-state index contributed by atoms with van der Waals surface area (Å²) in [6.07, 6.45) is 1.59. The zero-order chi connectivity index (χ0) is 26.2. The first-order chi connectivity index (χ1) is 18.5. The molecular weight excluding hydrogens is 547 g/mol. The van der Waals surface area contributed by atoms with Crippen molar-refractivity contribution in [3.05, 3.63) is 116 Å². The molecule has 0 aliphatic heterocycles. The highest BCUT2D eigenvalue weighted by atomic mass is 35.5. The first kappa shape index (κ1) is 24.6. The van der Waals surface area contributed by atoms with E-state index in [-0.39, 0.29) is 17.9 Å². The van der Waals surface area contributed by atoms with E-state index < -0.39 is 5.63 Å².